The van der Waals surface area contributed by atoms with Gasteiger partial charge in [-0.2, -0.15) is 4.31 Å². The van der Waals surface area contributed by atoms with Gasteiger partial charge in [-0.15, -0.1) is 0 Å². The Morgan fingerprint density at radius 1 is 1.25 bits per heavy atom. The van der Waals surface area contributed by atoms with Gasteiger partial charge in [0.25, 0.3) is 0 Å². The second kappa shape index (κ2) is 8.26. The molecule has 1 heterocycles. The Morgan fingerprint density at radius 3 is 2.58 bits per heavy atom. The molecule has 0 saturated carbocycles. The first-order chi connectivity index (χ1) is 11.4. The lowest BCUT2D eigenvalue weighted by Gasteiger charge is -2.30. The third-order valence-corrected chi connectivity index (χ3v) is 5.81. The van der Waals surface area contributed by atoms with Crippen LogP contribution in [0.5, 0.6) is 0 Å². The van der Waals surface area contributed by atoms with Crippen molar-refractivity contribution >= 4 is 21.6 Å². The summed E-state index contributed by atoms with van der Waals surface area (Å²) >= 11 is 0. The van der Waals surface area contributed by atoms with Gasteiger partial charge in [0.2, 0.25) is 15.9 Å². The van der Waals surface area contributed by atoms with E-state index in [0.29, 0.717) is 24.7 Å². The molecule has 0 bridgehead atoms. The van der Waals surface area contributed by atoms with Crippen LogP contribution in [0.1, 0.15) is 26.7 Å². The summed E-state index contributed by atoms with van der Waals surface area (Å²) in [4.78, 5) is 12.0. The molecular formula is C18H24N2O3S. The van der Waals surface area contributed by atoms with Crippen LogP contribution in [0.25, 0.3) is 0 Å². The fourth-order valence-electron chi connectivity index (χ4n) is 2.66. The number of amides is 1. The van der Waals surface area contributed by atoms with Crippen LogP contribution in [0.2, 0.25) is 0 Å². The summed E-state index contributed by atoms with van der Waals surface area (Å²) < 4.78 is 26.9. The average molecular weight is 348 g/mol. The quantitative estimate of drug-likeness (QED) is 0.656. The number of carbonyl (C=O) groups is 1. The second-order valence-corrected chi connectivity index (χ2v) is 7.95. The SMILES string of the molecule is C/C=C/C=C/C(=O)Nc1ccc(S(=O)(=O)N2CCCC(C)C2)cc1. The van der Waals surface area contributed by atoms with E-state index >= 15 is 0 Å². The van der Waals surface area contributed by atoms with E-state index < -0.39 is 10.0 Å². The smallest absolute Gasteiger partial charge is 0.248 e. The first kappa shape index (κ1) is 18.4. The highest BCUT2D eigenvalue weighted by Gasteiger charge is 2.28. The maximum Gasteiger partial charge on any atom is 0.248 e. The zero-order chi connectivity index (χ0) is 17.6. The lowest BCUT2D eigenvalue weighted by atomic mass is 10.0. The Kier molecular flexibility index (Phi) is 6.34. The summed E-state index contributed by atoms with van der Waals surface area (Å²) in [7, 11) is -3.46. The van der Waals surface area contributed by atoms with Crippen LogP contribution >= 0.6 is 0 Å². The molecule has 1 aromatic rings. The molecular weight excluding hydrogens is 324 g/mol. The van der Waals surface area contributed by atoms with Gasteiger partial charge in [-0.1, -0.05) is 25.2 Å². The van der Waals surface area contributed by atoms with Crippen molar-refractivity contribution in [1.29, 1.82) is 0 Å². The largest absolute Gasteiger partial charge is 0.323 e. The molecule has 1 N–H and O–H groups in total. The van der Waals surface area contributed by atoms with Crippen molar-refractivity contribution in [1.82, 2.24) is 4.31 Å². The summed E-state index contributed by atoms with van der Waals surface area (Å²) in [5.41, 5.74) is 0.566. The molecule has 0 aliphatic carbocycles. The van der Waals surface area contributed by atoms with Crippen LogP contribution in [0.4, 0.5) is 5.69 Å². The van der Waals surface area contributed by atoms with Crippen molar-refractivity contribution in [2.75, 3.05) is 18.4 Å². The van der Waals surface area contributed by atoms with Gasteiger partial charge in [-0.3, -0.25) is 4.79 Å². The number of carbonyl (C=O) groups excluding carboxylic acids is 1. The number of nitrogens with zero attached hydrogens (tertiary/aromatic N) is 1. The maximum absolute atomic E-state index is 12.7. The van der Waals surface area contributed by atoms with Crippen molar-refractivity contribution in [3.05, 3.63) is 48.6 Å². The second-order valence-electron chi connectivity index (χ2n) is 6.01. The summed E-state index contributed by atoms with van der Waals surface area (Å²) in [5, 5.41) is 2.70. The van der Waals surface area contributed by atoms with Crippen molar-refractivity contribution in [2.45, 2.75) is 31.6 Å². The van der Waals surface area contributed by atoms with Crippen LogP contribution in [0.3, 0.4) is 0 Å². The molecule has 1 amide bonds. The maximum atomic E-state index is 12.7. The Bertz CT molecular complexity index is 721. The van der Waals surface area contributed by atoms with E-state index in [1.165, 1.54) is 6.08 Å². The minimum absolute atomic E-state index is 0.256. The van der Waals surface area contributed by atoms with Gasteiger partial charge >= 0.3 is 0 Å². The molecule has 130 valence electrons. The molecule has 1 unspecified atom stereocenters. The highest BCUT2D eigenvalue weighted by molar-refractivity contribution is 7.89. The summed E-state index contributed by atoms with van der Waals surface area (Å²) in [5.74, 6) is 0.129. The van der Waals surface area contributed by atoms with Gasteiger partial charge in [0.15, 0.2) is 0 Å². The molecule has 1 aliphatic rings. The number of allylic oxidation sites excluding steroid dienone is 3. The molecule has 1 aromatic carbocycles. The lowest BCUT2D eigenvalue weighted by Crippen LogP contribution is -2.39. The zero-order valence-corrected chi connectivity index (χ0v) is 14.9. The predicted molar refractivity (Wildman–Crippen MR) is 96.2 cm³/mol. The topological polar surface area (TPSA) is 66.5 Å². The zero-order valence-electron chi connectivity index (χ0n) is 14.1. The molecule has 1 saturated heterocycles. The van der Waals surface area contributed by atoms with Gasteiger partial charge in [0, 0.05) is 24.9 Å². The Labute approximate surface area is 144 Å². The van der Waals surface area contributed by atoms with E-state index in [-0.39, 0.29) is 10.8 Å². The van der Waals surface area contributed by atoms with Crippen molar-refractivity contribution < 1.29 is 13.2 Å². The van der Waals surface area contributed by atoms with Crippen LogP contribution in [-0.2, 0) is 14.8 Å². The fourth-order valence-corrected chi connectivity index (χ4v) is 4.26. The molecule has 5 nitrogen and oxygen atoms in total. The molecule has 0 aromatic heterocycles. The van der Waals surface area contributed by atoms with Gasteiger partial charge in [-0.25, -0.2) is 8.42 Å². The number of hydrogen-bond donors (Lipinski definition) is 1. The van der Waals surface area contributed by atoms with E-state index in [4.69, 9.17) is 0 Å². The summed E-state index contributed by atoms with van der Waals surface area (Å²) in [6.45, 7) is 5.07. The normalized spacial score (nSPS) is 19.8. The third-order valence-electron chi connectivity index (χ3n) is 3.93. The van der Waals surface area contributed by atoms with Gasteiger partial charge in [-0.05, 0) is 49.9 Å². The molecule has 24 heavy (non-hydrogen) atoms. The molecule has 2 rings (SSSR count). The van der Waals surface area contributed by atoms with E-state index in [1.54, 1.807) is 40.7 Å². The van der Waals surface area contributed by atoms with Crippen molar-refractivity contribution in [2.24, 2.45) is 5.92 Å². The molecule has 0 spiro atoms. The fraction of sp³-hybridized carbons (Fsp3) is 0.389. The number of benzene rings is 1. The minimum Gasteiger partial charge on any atom is -0.323 e. The van der Waals surface area contributed by atoms with Crippen LogP contribution in [0, 0.1) is 5.92 Å². The summed E-state index contributed by atoms with van der Waals surface area (Å²) in [6, 6.07) is 6.31. The molecule has 1 fully saturated rings. The standard InChI is InChI=1S/C18H24N2O3S/c1-3-4-5-8-18(21)19-16-9-11-17(12-10-16)24(22,23)20-13-6-7-15(2)14-20/h3-5,8-12,15H,6-7,13-14H2,1-2H3,(H,19,21)/b4-3+,8-5+. The molecule has 0 radical (unpaired) electrons. The lowest BCUT2D eigenvalue weighted by molar-refractivity contribution is -0.111. The summed E-state index contributed by atoms with van der Waals surface area (Å²) in [6.07, 6.45) is 8.61. The predicted octanol–water partition coefficient (Wildman–Crippen LogP) is 3.18. The Morgan fingerprint density at radius 2 is 1.96 bits per heavy atom. The number of sulfonamides is 1. The first-order valence-corrected chi connectivity index (χ1v) is 9.58. The first-order valence-electron chi connectivity index (χ1n) is 8.14. The van der Waals surface area contributed by atoms with E-state index in [1.807, 2.05) is 13.0 Å². The Hall–Kier alpha value is -1.92. The van der Waals surface area contributed by atoms with E-state index in [9.17, 15) is 13.2 Å². The van der Waals surface area contributed by atoms with E-state index in [2.05, 4.69) is 12.2 Å². The van der Waals surface area contributed by atoms with Crippen LogP contribution in [0.15, 0.2) is 53.5 Å². The Balaban J connectivity index is 2.07. The monoisotopic (exact) mass is 348 g/mol. The average Bonchev–Trinajstić information content (AvgIpc) is 2.55. The van der Waals surface area contributed by atoms with E-state index in [0.717, 1.165) is 12.8 Å². The molecule has 1 atom stereocenters. The number of nitrogens with one attached hydrogen (secondary N) is 1. The molecule has 6 heteroatoms. The number of anilines is 1. The molecule has 1 aliphatic heterocycles. The third kappa shape index (κ3) is 4.79. The van der Waals surface area contributed by atoms with Gasteiger partial charge in [0.05, 0.1) is 4.90 Å². The van der Waals surface area contributed by atoms with Gasteiger partial charge in [0.1, 0.15) is 0 Å². The number of hydrogen-bond acceptors (Lipinski definition) is 3. The number of rotatable bonds is 5. The van der Waals surface area contributed by atoms with Gasteiger partial charge < -0.3 is 5.32 Å². The van der Waals surface area contributed by atoms with Crippen molar-refractivity contribution in [3.8, 4) is 0 Å². The van der Waals surface area contributed by atoms with Crippen LogP contribution in [-0.4, -0.2) is 31.7 Å². The van der Waals surface area contributed by atoms with Crippen molar-refractivity contribution in [3.63, 3.8) is 0 Å². The van der Waals surface area contributed by atoms with Crippen LogP contribution < -0.4 is 5.32 Å². The highest BCUT2D eigenvalue weighted by atomic mass is 32.2. The number of piperidine rings is 1. The highest BCUT2D eigenvalue weighted by Crippen LogP contribution is 2.24. The minimum atomic E-state index is -3.46.